The lowest BCUT2D eigenvalue weighted by molar-refractivity contribution is 0.238. The number of pyridine rings is 2. The quantitative estimate of drug-likeness (QED) is 0.614. The summed E-state index contributed by atoms with van der Waals surface area (Å²) < 4.78 is 5.92. The number of hydrogen-bond donors (Lipinski definition) is 0. The van der Waals surface area contributed by atoms with Crippen molar-refractivity contribution >= 4 is 11.0 Å². The van der Waals surface area contributed by atoms with Crippen LogP contribution in [-0.4, -0.2) is 16.6 Å². The number of rotatable bonds is 6. The molecule has 0 aliphatic carbocycles. The zero-order valence-corrected chi connectivity index (χ0v) is 15.4. The molecule has 1 aromatic carbocycles. The number of aromatic nitrogens is 2. The summed E-state index contributed by atoms with van der Waals surface area (Å²) in [4.78, 5) is 8.79. The van der Waals surface area contributed by atoms with E-state index < -0.39 is 0 Å². The van der Waals surface area contributed by atoms with Crippen molar-refractivity contribution in [3.05, 3.63) is 54.4 Å². The second-order valence-electron chi connectivity index (χ2n) is 7.10. The van der Waals surface area contributed by atoms with Crippen LogP contribution in [0.4, 0.5) is 0 Å². The third-order valence-corrected chi connectivity index (χ3v) is 4.30. The van der Waals surface area contributed by atoms with Gasteiger partial charge in [0, 0.05) is 18.0 Å². The molecule has 3 rings (SSSR count). The zero-order valence-electron chi connectivity index (χ0n) is 15.4. The Kier molecular flexibility index (Phi) is 5.48. The Morgan fingerprint density at radius 2 is 1.92 bits per heavy atom. The number of benzene rings is 1. The number of fused-ring (bicyclic) bond motifs is 1. The summed E-state index contributed by atoms with van der Waals surface area (Å²) >= 11 is 0. The Bertz CT molecular complexity index is 938. The Morgan fingerprint density at radius 3 is 2.69 bits per heavy atom. The van der Waals surface area contributed by atoms with Crippen LogP contribution in [0.3, 0.4) is 0 Å². The molecule has 2 aromatic heterocycles. The molecule has 0 saturated heterocycles. The van der Waals surface area contributed by atoms with Gasteiger partial charge in [0.1, 0.15) is 11.8 Å². The Hall–Kier alpha value is -2.93. The fourth-order valence-corrected chi connectivity index (χ4v) is 3.23. The second kappa shape index (κ2) is 7.97. The number of nitrogens with zero attached hydrogens (tertiary/aromatic N) is 3. The lowest BCUT2D eigenvalue weighted by Crippen LogP contribution is -2.11. The largest absolute Gasteiger partial charge is 0.492 e. The molecule has 0 radical (unpaired) electrons. The standard InChI is InChI=1S/C22H23N3O/c1-15(2)11-16(3)14-26-21-7-6-17(12-18(21)13-23)19-8-10-24-20-5-4-9-25-22(19)20/h4-10,12,15-16H,11,14H2,1-3H3. The molecule has 0 saturated carbocycles. The number of ether oxygens (including phenoxy) is 1. The van der Waals surface area contributed by atoms with Gasteiger partial charge in [-0.2, -0.15) is 5.26 Å². The summed E-state index contributed by atoms with van der Waals surface area (Å²) in [5.74, 6) is 1.73. The molecule has 1 atom stereocenters. The van der Waals surface area contributed by atoms with E-state index in [4.69, 9.17) is 4.74 Å². The molecule has 4 heteroatoms. The summed E-state index contributed by atoms with van der Waals surface area (Å²) in [7, 11) is 0. The van der Waals surface area contributed by atoms with E-state index >= 15 is 0 Å². The minimum atomic E-state index is 0.453. The summed E-state index contributed by atoms with van der Waals surface area (Å²) in [6.45, 7) is 7.21. The fraction of sp³-hybridized carbons (Fsp3) is 0.318. The average molecular weight is 345 g/mol. The third-order valence-electron chi connectivity index (χ3n) is 4.30. The van der Waals surface area contributed by atoms with Gasteiger partial charge in [0.05, 0.1) is 23.2 Å². The molecule has 0 bridgehead atoms. The third kappa shape index (κ3) is 4.00. The summed E-state index contributed by atoms with van der Waals surface area (Å²) in [6, 6.07) is 13.7. The van der Waals surface area contributed by atoms with Crippen LogP contribution in [0.5, 0.6) is 5.75 Å². The van der Waals surface area contributed by atoms with Crippen molar-refractivity contribution in [3.63, 3.8) is 0 Å². The molecule has 0 spiro atoms. The highest BCUT2D eigenvalue weighted by Crippen LogP contribution is 2.30. The number of nitriles is 1. The lowest BCUT2D eigenvalue weighted by atomic mass is 9.99. The Balaban J connectivity index is 1.88. The van der Waals surface area contributed by atoms with Crippen LogP contribution >= 0.6 is 0 Å². The molecule has 1 unspecified atom stereocenters. The molecule has 0 amide bonds. The van der Waals surface area contributed by atoms with Crippen LogP contribution in [0.1, 0.15) is 32.8 Å². The van der Waals surface area contributed by atoms with E-state index in [1.54, 1.807) is 12.4 Å². The number of hydrogen-bond acceptors (Lipinski definition) is 4. The molecule has 0 aliphatic heterocycles. The van der Waals surface area contributed by atoms with Crippen molar-refractivity contribution in [1.82, 2.24) is 9.97 Å². The normalized spacial score (nSPS) is 12.1. The molecule has 4 nitrogen and oxygen atoms in total. The van der Waals surface area contributed by atoms with Gasteiger partial charge in [-0.3, -0.25) is 9.97 Å². The van der Waals surface area contributed by atoms with Crippen molar-refractivity contribution < 1.29 is 4.74 Å². The van der Waals surface area contributed by atoms with Gasteiger partial charge in [-0.15, -0.1) is 0 Å². The SMILES string of the molecule is CC(C)CC(C)COc1ccc(-c2ccnc3cccnc23)cc1C#N. The topological polar surface area (TPSA) is 58.8 Å². The van der Waals surface area contributed by atoms with E-state index in [0.717, 1.165) is 28.6 Å². The van der Waals surface area contributed by atoms with Crippen molar-refractivity contribution in [2.24, 2.45) is 11.8 Å². The van der Waals surface area contributed by atoms with E-state index in [0.29, 0.717) is 29.8 Å². The van der Waals surface area contributed by atoms with Gasteiger partial charge in [0.25, 0.3) is 0 Å². The van der Waals surface area contributed by atoms with E-state index in [2.05, 4.69) is 36.8 Å². The predicted octanol–water partition coefficient (Wildman–Crippen LogP) is 5.23. The Labute approximate surface area is 154 Å². The van der Waals surface area contributed by atoms with Gasteiger partial charge in [-0.25, -0.2) is 0 Å². The summed E-state index contributed by atoms with van der Waals surface area (Å²) in [6.07, 6.45) is 4.63. The first kappa shape index (κ1) is 17.9. The highest BCUT2D eigenvalue weighted by atomic mass is 16.5. The highest BCUT2D eigenvalue weighted by molar-refractivity contribution is 5.91. The van der Waals surface area contributed by atoms with Gasteiger partial charge in [0.15, 0.2) is 0 Å². The highest BCUT2D eigenvalue weighted by Gasteiger charge is 2.12. The van der Waals surface area contributed by atoms with Crippen LogP contribution in [0.15, 0.2) is 48.8 Å². The van der Waals surface area contributed by atoms with E-state index in [1.807, 2.05) is 36.4 Å². The average Bonchev–Trinajstić information content (AvgIpc) is 2.65. The van der Waals surface area contributed by atoms with Crippen molar-refractivity contribution in [1.29, 1.82) is 5.26 Å². The van der Waals surface area contributed by atoms with Gasteiger partial charge in [-0.1, -0.05) is 26.8 Å². The van der Waals surface area contributed by atoms with Crippen LogP contribution < -0.4 is 4.74 Å². The van der Waals surface area contributed by atoms with Crippen LogP contribution in [-0.2, 0) is 0 Å². The maximum atomic E-state index is 9.56. The van der Waals surface area contributed by atoms with Gasteiger partial charge in [-0.05, 0) is 54.2 Å². The molecular formula is C22H23N3O. The molecule has 132 valence electrons. The smallest absolute Gasteiger partial charge is 0.137 e. The molecule has 0 N–H and O–H groups in total. The summed E-state index contributed by atoms with van der Waals surface area (Å²) in [5.41, 5.74) is 4.12. The van der Waals surface area contributed by atoms with Gasteiger partial charge >= 0.3 is 0 Å². The van der Waals surface area contributed by atoms with E-state index in [9.17, 15) is 5.26 Å². The minimum Gasteiger partial charge on any atom is -0.492 e. The van der Waals surface area contributed by atoms with Crippen LogP contribution in [0, 0.1) is 23.2 Å². The first-order valence-electron chi connectivity index (χ1n) is 8.95. The fourth-order valence-electron chi connectivity index (χ4n) is 3.23. The minimum absolute atomic E-state index is 0.453. The van der Waals surface area contributed by atoms with Gasteiger partial charge < -0.3 is 4.74 Å². The molecule has 26 heavy (non-hydrogen) atoms. The van der Waals surface area contributed by atoms with Crippen LogP contribution in [0.2, 0.25) is 0 Å². The van der Waals surface area contributed by atoms with E-state index in [1.165, 1.54) is 0 Å². The maximum Gasteiger partial charge on any atom is 0.137 e. The van der Waals surface area contributed by atoms with Crippen molar-refractivity contribution in [3.8, 4) is 22.9 Å². The zero-order chi connectivity index (χ0) is 18.5. The van der Waals surface area contributed by atoms with Gasteiger partial charge in [0.2, 0.25) is 0 Å². The molecule has 2 heterocycles. The van der Waals surface area contributed by atoms with Crippen LogP contribution in [0.25, 0.3) is 22.2 Å². The molecule has 0 aliphatic rings. The monoisotopic (exact) mass is 345 g/mol. The first-order valence-corrected chi connectivity index (χ1v) is 8.95. The predicted molar refractivity (Wildman–Crippen MR) is 104 cm³/mol. The molecular weight excluding hydrogens is 322 g/mol. The maximum absolute atomic E-state index is 9.56. The molecule has 0 fully saturated rings. The van der Waals surface area contributed by atoms with Crippen molar-refractivity contribution in [2.75, 3.05) is 6.61 Å². The Morgan fingerprint density at radius 1 is 1.08 bits per heavy atom. The van der Waals surface area contributed by atoms with E-state index in [-0.39, 0.29) is 0 Å². The van der Waals surface area contributed by atoms with Crippen molar-refractivity contribution in [2.45, 2.75) is 27.2 Å². The summed E-state index contributed by atoms with van der Waals surface area (Å²) in [5, 5.41) is 9.56. The second-order valence-corrected chi connectivity index (χ2v) is 7.10. The molecule has 3 aromatic rings. The first-order chi connectivity index (χ1) is 12.6. The lowest BCUT2D eigenvalue weighted by Gasteiger charge is -2.16.